The van der Waals surface area contributed by atoms with E-state index in [9.17, 15) is 9.59 Å². The SMILES string of the molecule is CN(C)c1c(C(=O)c2cccs2)c(=O)oc2ccccc12. The molecular formula is C16H13NO3S. The molecule has 0 aliphatic carbocycles. The summed E-state index contributed by atoms with van der Waals surface area (Å²) in [5.41, 5.74) is 0.561. The van der Waals surface area contributed by atoms with E-state index in [4.69, 9.17) is 4.42 Å². The lowest BCUT2D eigenvalue weighted by Gasteiger charge is -2.17. The maximum Gasteiger partial charge on any atom is 0.349 e. The molecule has 0 aliphatic heterocycles. The number of ketones is 1. The second kappa shape index (κ2) is 5.18. The van der Waals surface area contributed by atoms with E-state index in [1.807, 2.05) is 31.6 Å². The summed E-state index contributed by atoms with van der Waals surface area (Å²) in [7, 11) is 3.62. The van der Waals surface area contributed by atoms with E-state index in [1.165, 1.54) is 11.3 Å². The summed E-state index contributed by atoms with van der Waals surface area (Å²) in [6.45, 7) is 0. The molecule has 0 radical (unpaired) electrons. The summed E-state index contributed by atoms with van der Waals surface area (Å²) in [4.78, 5) is 27.2. The third kappa shape index (κ3) is 2.25. The van der Waals surface area contributed by atoms with Crippen molar-refractivity contribution in [2.75, 3.05) is 19.0 Å². The molecule has 0 fully saturated rings. The fourth-order valence-electron chi connectivity index (χ4n) is 2.33. The van der Waals surface area contributed by atoms with Gasteiger partial charge >= 0.3 is 5.63 Å². The zero-order valence-corrected chi connectivity index (χ0v) is 12.4. The highest BCUT2D eigenvalue weighted by atomic mass is 32.1. The topological polar surface area (TPSA) is 50.5 Å². The van der Waals surface area contributed by atoms with Crippen LogP contribution in [0, 0.1) is 0 Å². The van der Waals surface area contributed by atoms with Crippen LogP contribution in [0.3, 0.4) is 0 Å². The van der Waals surface area contributed by atoms with E-state index >= 15 is 0 Å². The van der Waals surface area contributed by atoms with Crippen LogP contribution in [0.4, 0.5) is 5.69 Å². The Morgan fingerprint density at radius 3 is 2.57 bits per heavy atom. The van der Waals surface area contributed by atoms with Crippen LogP contribution in [0.15, 0.2) is 51.0 Å². The number of benzene rings is 1. The van der Waals surface area contributed by atoms with Crippen LogP contribution >= 0.6 is 11.3 Å². The molecule has 0 atom stereocenters. The molecule has 106 valence electrons. The molecule has 0 amide bonds. The minimum atomic E-state index is -0.601. The molecule has 21 heavy (non-hydrogen) atoms. The molecule has 3 aromatic rings. The molecule has 0 spiro atoms. The Balaban J connectivity index is 2.36. The van der Waals surface area contributed by atoms with Crippen LogP contribution in [0.5, 0.6) is 0 Å². The van der Waals surface area contributed by atoms with Gasteiger partial charge in [0.05, 0.1) is 10.6 Å². The zero-order chi connectivity index (χ0) is 15.0. The lowest BCUT2D eigenvalue weighted by molar-refractivity contribution is 0.104. The van der Waals surface area contributed by atoms with Crippen molar-refractivity contribution in [2.45, 2.75) is 0 Å². The molecule has 5 heteroatoms. The highest BCUT2D eigenvalue weighted by Crippen LogP contribution is 2.29. The normalized spacial score (nSPS) is 10.8. The summed E-state index contributed by atoms with van der Waals surface area (Å²) in [6, 6.07) is 10.7. The lowest BCUT2D eigenvalue weighted by atomic mass is 10.1. The number of para-hydroxylation sites is 1. The smallest absolute Gasteiger partial charge is 0.349 e. The average molecular weight is 299 g/mol. The van der Waals surface area contributed by atoms with Crippen LogP contribution in [0.2, 0.25) is 0 Å². The largest absolute Gasteiger partial charge is 0.422 e. The minimum Gasteiger partial charge on any atom is -0.422 e. The van der Waals surface area contributed by atoms with Crippen molar-refractivity contribution in [2.24, 2.45) is 0 Å². The fraction of sp³-hybridized carbons (Fsp3) is 0.125. The summed E-state index contributed by atoms with van der Waals surface area (Å²) < 4.78 is 5.30. The van der Waals surface area contributed by atoms with E-state index in [0.717, 1.165) is 5.39 Å². The number of hydrogen-bond donors (Lipinski definition) is 0. The van der Waals surface area contributed by atoms with Crippen LogP contribution in [0.25, 0.3) is 11.0 Å². The van der Waals surface area contributed by atoms with Gasteiger partial charge in [0.1, 0.15) is 11.1 Å². The predicted octanol–water partition coefficient (Wildman–Crippen LogP) is 3.15. The maximum absolute atomic E-state index is 12.6. The van der Waals surface area contributed by atoms with Crippen molar-refractivity contribution in [3.8, 4) is 0 Å². The Bertz CT molecular complexity index is 863. The molecule has 0 N–H and O–H groups in total. The quantitative estimate of drug-likeness (QED) is 0.550. The van der Waals surface area contributed by atoms with Gasteiger partial charge in [-0.1, -0.05) is 18.2 Å². The maximum atomic E-state index is 12.6. The van der Waals surface area contributed by atoms with Crippen molar-refractivity contribution >= 4 is 33.8 Å². The Hall–Kier alpha value is -2.40. The van der Waals surface area contributed by atoms with E-state index in [1.54, 1.807) is 29.2 Å². The van der Waals surface area contributed by atoms with Crippen molar-refractivity contribution in [1.82, 2.24) is 0 Å². The van der Waals surface area contributed by atoms with Gasteiger partial charge in [-0.2, -0.15) is 0 Å². The van der Waals surface area contributed by atoms with Crippen LogP contribution in [-0.2, 0) is 0 Å². The second-order valence-corrected chi connectivity index (χ2v) is 5.76. The van der Waals surface area contributed by atoms with Gasteiger partial charge in [-0.3, -0.25) is 4.79 Å². The van der Waals surface area contributed by atoms with E-state index in [0.29, 0.717) is 16.1 Å². The number of anilines is 1. The molecule has 0 saturated carbocycles. The van der Waals surface area contributed by atoms with Crippen LogP contribution < -0.4 is 10.5 Å². The Kier molecular flexibility index (Phi) is 3.35. The molecule has 1 aromatic carbocycles. The number of rotatable bonds is 3. The highest BCUT2D eigenvalue weighted by molar-refractivity contribution is 7.12. The molecule has 0 saturated heterocycles. The Morgan fingerprint density at radius 1 is 1.14 bits per heavy atom. The number of nitrogens with zero attached hydrogens (tertiary/aromatic N) is 1. The summed E-state index contributed by atoms with van der Waals surface area (Å²) in [5, 5.41) is 2.56. The number of thiophene rings is 1. The summed E-state index contributed by atoms with van der Waals surface area (Å²) in [5.74, 6) is -0.298. The molecule has 2 aromatic heterocycles. The van der Waals surface area contributed by atoms with Gasteiger partial charge in [-0.15, -0.1) is 11.3 Å². The molecule has 0 unspecified atom stereocenters. The van der Waals surface area contributed by atoms with Crippen molar-refractivity contribution in [3.63, 3.8) is 0 Å². The van der Waals surface area contributed by atoms with Crippen molar-refractivity contribution < 1.29 is 9.21 Å². The number of hydrogen-bond acceptors (Lipinski definition) is 5. The van der Waals surface area contributed by atoms with Crippen LogP contribution in [-0.4, -0.2) is 19.9 Å². The van der Waals surface area contributed by atoms with Gasteiger partial charge in [-0.05, 0) is 23.6 Å². The summed E-state index contributed by atoms with van der Waals surface area (Å²) in [6.07, 6.45) is 0. The first-order valence-corrected chi connectivity index (χ1v) is 7.29. The van der Waals surface area contributed by atoms with Gasteiger partial charge in [0, 0.05) is 19.5 Å². The Labute approximate surface area is 125 Å². The first-order chi connectivity index (χ1) is 10.1. The van der Waals surface area contributed by atoms with Gasteiger partial charge in [0.25, 0.3) is 0 Å². The molecule has 0 bridgehead atoms. The lowest BCUT2D eigenvalue weighted by Crippen LogP contribution is -2.22. The average Bonchev–Trinajstić information content (AvgIpc) is 2.99. The number of carbonyl (C=O) groups is 1. The second-order valence-electron chi connectivity index (χ2n) is 4.81. The number of carbonyl (C=O) groups excluding carboxylic acids is 1. The van der Waals surface area contributed by atoms with E-state index < -0.39 is 5.63 Å². The van der Waals surface area contributed by atoms with Gasteiger partial charge in [0.2, 0.25) is 5.78 Å². The third-order valence-corrected chi connectivity index (χ3v) is 4.07. The van der Waals surface area contributed by atoms with Crippen molar-refractivity contribution in [3.05, 3.63) is 62.6 Å². The van der Waals surface area contributed by atoms with E-state index in [-0.39, 0.29) is 11.3 Å². The molecular weight excluding hydrogens is 286 g/mol. The fourth-order valence-corrected chi connectivity index (χ4v) is 3.00. The number of fused-ring (bicyclic) bond motifs is 1. The van der Waals surface area contributed by atoms with Gasteiger partial charge in [0.15, 0.2) is 0 Å². The standard InChI is InChI=1S/C16H13NO3S/c1-17(2)14-10-6-3-4-7-11(10)20-16(19)13(14)15(18)12-8-5-9-21-12/h3-9H,1-2H3. The minimum absolute atomic E-state index is 0.0844. The monoisotopic (exact) mass is 299 g/mol. The third-order valence-electron chi connectivity index (χ3n) is 3.21. The molecule has 3 rings (SSSR count). The zero-order valence-electron chi connectivity index (χ0n) is 11.6. The van der Waals surface area contributed by atoms with Gasteiger partial charge in [-0.25, -0.2) is 4.79 Å². The Morgan fingerprint density at radius 2 is 1.90 bits per heavy atom. The molecule has 4 nitrogen and oxygen atoms in total. The predicted molar refractivity (Wildman–Crippen MR) is 84.6 cm³/mol. The van der Waals surface area contributed by atoms with Crippen molar-refractivity contribution in [1.29, 1.82) is 0 Å². The van der Waals surface area contributed by atoms with Crippen LogP contribution in [0.1, 0.15) is 15.2 Å². The van der Waals surface area contributed by atoms with E-state index in [2.05, 4.69) is 0 Å². The summed E-state index contributed by atoms with van der Waals surface area (Å²) >= 11 is 1.31. The molecule has 2 heterocycles. The first-order valence-electron chi connectivity index (χ1n) is 6.41. The molecule has 0 aliphatic rings. The highest BCUT2D eigenvalue weighted by Gasteiger charge is 2.23. The first kappa shape index (κ1) is 13.6. The van der Waals surface area contributed by atoms with Gasteiger partial charge < -0.3 is 9.32 Å².